The van der Waals surface area contributed by atoms with Crippen LogP contribution in [0.4, 0.5) is 0 Å². The topological polar surface area (TPSA) is 58.4 Å². The number of piperidine rings is 1. The van der Waals surface area contributed by atoms with Crippen molar-refractivity contribution >= 4 is 5.91 Å². The van der Waals surface area contributed by atoms with E-state index in [0.29, 0.717) is 6.42 Å². The second-order valence-corrected chi connectivity index (χ2v) is 7.14. The first-order valence-corrected chi connectivity index (χ1v) is 9.57. The van der Waals surface area contributed by atoms with Crippen LogP contribution in [0.2, 0.25) is 0 Å². The number of amides is 1. The smallest absolute Gasteiger partial charge is 0.222 e. The molecule has 138 valence electrons. The maximum atomic E-state index is 12.3. The van der Waals surface area contributed by atoms with Crippen LogP contribution in [-0.4, -0.2) is 36.5 Å². The second-order valence-electron chi connectivity index (χ2n) is 7.14. The summed E-state index contributed by atoms with van der Waals surface area (Å²) in [4.78, 5) is 14.8. The average molecular weight is 351 g/mol. The first kappa shape index (κ1) is 18.6. The van der Waals surface area contributed by atoms with Crippen LogP contribution in [0.5, 0.6) is 0 Å². The lowest BCUT2D eigenvalue weighted by molar-refractivity contribution is -0.122. The van der Waals surface area contributed by atoms with E-state index >= 15 is 0 Å². The van der Waals surface area contributed by atoms with Crippen LogP contribution in [0, 0.1) is 0 Å². The van der Waals surface area contributed by atoms with Gasteiger partial charge in [0.15, 0.2) is 0 Å². The van der Waals surface area contributed by atoms with Gasteiger partial charge in [-0.05, 0) is 30.4 Å². The molecule has 3 rings (SSSR count). The zero-order valence-electron chi connectivity index (χ0n) is 15.3. The fourth-order valence-electron chi connectivity index (χ4n) is 3.54. The van der Waals surface area contributed by atoms with Crippen LogP contribution in [0.1, 0.15) is 36.4 Å². The molecule has 26 heavy (non-hydrogen) atoms. The largest absolute Gasteiger partial charge is 0.353 e. The molecule has 1 aliphatic rings. The maximum absolute atomic E-state index is 12.3. The van der Waals surface area contributed by atoms with Crippen molar-refractivity contribution in [2.75, 3.05) is 19.6 Å². The zero-order chi connectivity index (χ0) is 18.2. The second kappa shape index (κ2) is 9.51. The quantitative estimate of drug-likeness (QED) is 0.806. The fraction of sp³-hybridized carbons (Fsp3) is 0.409. The Morgan fingerprint density at radius 1 is 1.04 bits per heavy atom. The van der Waals surface area contributed by atoms with Crippen molar-refractivity contribution < 1.29 is 4.79 Å². The van der Waals surface area contributed by atoms with Gasteiger partial charge in [0.1, 0.15) is 0 Å². The summed E-state index contributed by atoms with van der Waals surface area (Å²) in [6.07, 6.45) is 3.46. The SMILES string of the molecule is NC(CC(=O)NC1CCN(CCc2ccccc2)CC1)c1ccccc1. The lowest BCUT2D eigenvalue weighted by Gasteiger charge is -2.32. The maximum Gasteiger partial charge on any atom is 0.222 e. The van der Waals surface area contributed by atoms with E-state index in [2.05, 4.69) is 40.5 Å². The molecular weight excluding hydrogens is 322 g/mol. The normalized spacial score (nSPS) is 17.0. The minimum atomic E-state index is -0.234. The van der Waals surface area contributed by atoms with Gasteiger partial charge >= 0.3 is 0 Å². The highest BCUT2D eigenvalue weighted by Crippen LogP contribution is 2.15. The van der Waals surface area contributed by atoms with Gasteiger partial charge in [0.25, 0.3) is 0 Å². The molecule has 3 N–H and O–H groups in total. The Kier molecular flexibility index (Phi) is 6.81. The highest BCUT2D eigenvalue weighted by molar-refractivity contribution is 5.77. The molecule has 0 aliphatic carbocycles. The Morgan fingerprint density at radius 3 is 2.31 bits per heavy atom. The minimum Gasteiger partial charge on any atom is -0.353 e. The Hall–Kier alpha value is -2.17. The third kappa shape index (κ3) is 5.68. The third-order valence-corrected chi connectivity index (χ3v) is 5.15. The zero-order valence-corrected chi connectivity index (χ0v) is 15.3. The van der Waals surface area contributed by atoms with Gasteiger partial charge in [0.05, 0.1) is 0 Å². The van der Waals surface area contributed by atoms with Gasteiger partial charge < -0.3 is 16.0 Å². The standard InChI is InChI=1S/C22H29N3O/c23-21(19-9-5-2-6-10-19)17-22(26)24-20-12-15-25(16-13-20)14-11-18-7-3-1-4-8-18/h1-10,20-21H,11-17,23H2,(H,24,26). The number of hydrogen-bond donors (Lipinski definition) is 2. The molecule has 2 aromatic rings. The van der Waals surface area contributed by atoms with Crippen molar-refractivity contribution in [2.45, 2.75) is 37.8 Å². The van der Waals surface area contributed by atoms with Crippen molar-refractivity contribution in [1.82, 2.24) is 10.2 Å². The first-order chi connectivity index (χ1) is 12.7. The molecule has 1 fully saturated rings. The number of nitrogens with two attached hydrogens (primary N) is 1. The first-order valence-electron chi connectivity index (χ1n) is 9.57. The average Bonchev–Trinajstić information content (AvgIpc) is 2.69. The Bertz CT molecular complexity index is 666. The molecule has 0 saturated carbocycles. The highest BCUT2D eigenvalue weighted by atomic mass is 16.1. The Balaban J connectivity index is 1.36. The van der Waals surface area contributed by atoms with Crippen LogP contribution in [-0.2, 0) is 11.2 Å². The van der Waals surface area contributed by atoms with Crippen LogP contribution >= 0.6 is 0 Å². The number of likely N-dealkylation sites (tertiary alicyclic amines) is 1. The molecule has 2 aromatic carbocycles. The van der Waals surface area contributed by atoms with E-state index in [-0.39, 0.29) is 18.0 Å². The number of rotatable bonds is 7. The van der Waals surface area contributed by atoms with E-state index in [1.165, 1.54) is 5.56 Å². The van der Waals surface area contributed by atoms with Gasteiger partial charge in [0.2, 0.25) is 5.91 Å². The molecule has 0 spiro atoms. The summed E-state index contributed by atoms with van der Waals surface area (Å²) in [5.74, 6) is 0.0593. The predicted octanol–water partition coefficient (Wildman–Crippen LogP) is 2.90. The molecule has 0 aromatic heterocycles. The van der Waals surface area contributed by atoms with Crippen molar-refractivity contribution in [3.05, 3.63) is 71.8 Å². The highest BCUT2D eigenvalue weighted by Gasteiger charge is 2.21. The minimum absolute atomic E-state index is 0.0593. The Labute approximate surface area is 156 Å². The van der Waals surface area contributed by atoms with Gasteiger partial charge in [-0.3, -0.25) is 4.79 Å². The Morgan fingerprint density at radius 2 is 1.65 bits per heavy atom. The molecule has 4 nitrogen and oxygen atoms in total. The van der Waals surface area contributed by atoms with E-state index in [0.717, 1.165) is 44.5 Å². The summed E-state index contributed by atoms with van der Waals surface area (Å²) in [6.45, 7) is 3.18. The van der Waals surface area contributed by atoms with Gasteiger partial charge in [-0.1, -0.05) is 60.7 Å². The molecule has 4 heteroatoms. The number of carbonyl (C=O) groups is 1. The molecule has 1 saturated heterocycles. The summed E-state index contributed by atoms with van der Waals surface area (Å²) in [5, 5.41) is 3.17. The monoisotopic (exact) mass is 351 g/mol. The fourth-order valence-corrected chi connectivity index (χ4v) is 3.54. The van der Waals surface area contributed by atoms with Gasteiger partial charge in [0, 0.05) is 38.1 Å². The van der Waals surface area contributed by atoms with Crippen LogP contribution in [0.3, 0.4) is 0 Å². The van der Waals surface area contributed by atoms with Crippen LogP contribution in [0.25, 0.3) is 0 Å². The molecule has 1 heterocycles. The van der Waals surface area contributed by atoms with Crippen molar-refractivity contribution in [1.29, 1.82) is 0 Å². The molecule has 0 radical (unpaired) electrons. The lowest BCUT2D eigenvalue weighted by atomic mass is 10.0. The summed E-state index contributed by atoms with van der Waals surface area (Å²) >= 11 is 0. The summed E-state index contributed by atoms with van der Waals surface area (Å²) in [7, 11) is 0. The molecule has 1 aliphatic heterocycles. The summed E-state index contributed by atoms with van der Waals surface area (Å²) < 4.78 is 0. The number of nitrogens with zero attached hydrogens (tertiary/aromatic N) is 1. The molecule has 1 atom stereocenters. The predicted molar refractivity (Wildman–Crippen MR) is 106 cm³/mol. The van der Waals surface area contributed by atoms with E-state index in [1.807, 2.05) is 30.3 Å². The third-order valence-electron chi connectivity index (χ3n) is 5.15. The summed E-state index contributed by atoms with van der Waals surface area (Å²) in [5.41, 5.74) is 8.55. The van der Waals surface area contributed by atoms with Gasteiger partial charge in [-0.25, -0.2) is 0 Å². The number of hydrogen-bond acceptors (Lipinski definition) is 3. The van der Waals surface area contributed by atoms with Crippen LogP contribution in [0.15, 0.2) is 60.7 Å². The van der Waals surface area contributed by atoms with E-state index in [4.69, 9.17) is 5.73 Å². The van der Waals surface area contributed by atoms with Gasteiger partial charge in [-0.15, -0.1) is 0 Å². The van der Waals surface area contributed by atoms with E-state index in [1.54, 1.807) is 0 Å². The number of nitrogens with one attached hydrogen (secondary N) is 1. The number of carbonyl (C=O) groups excluding carboxylic acids is 1. The van der Waals surface area contributed by atoms with Crippen molar-refractivity contribution in [3.63, 3.8) is 0 Å². The molecule has 1 unspecified atom stereocenters. The number of benzene rings is 2. The molecular formula is C22H29N3O. The summed E-state index contributed by atoms with van der Waals surface area (Å²) in [6, 6.07) is 20.5. The van der Waals surface area contributed by atoms with E-state index < -0.39 is 0 Å². The van der Waals surface area contributed by atoms with Crippen molar-refractivity contribution in [3.8, 4) is 0 Å². The van der Waals surface area contributed by atoms with Gasteiger partial charge in [-0.2, -0.15) is 0 Å². The molecule has 0 bridgehead atoms. The molecule has 1 amide bonds. The lowest BCUT2D eigenvalue weighted by Crippen LogP contribution is -2.45. The van der Waals surface area contributed by atoms with E-state index in [9.17, 15) is 4.79 Å². The van der Waals surface area contributed by atoms with Crippen molar-refractivity contribution in [2.24, 2.45) is 5.73 Å². The van der Waals surface area contributed by atoms with Crippen LogP contribution < -0.4 is 11.1 Å².